The predicted octanol–water partition coefficient (Wildman–Crippen LogP) is 1.54. The molecule has 82 valence electrons. The monoisotopic (exact) mass is 209 g/mol. The number of aliphatic hydroxyl groups excluding tert-OH is 1. The normalized spacial score (nSPS) is 39.9. The summed E-state index contributed by atoms with van der Waals surface area (Å²) < 4.78 is 37.6. The number of rotatable bonds is 1. The summed E-state index contributed by atoms with van der Waals surface area (Å²) in [6.07, 6.45) is -2.63. The lowest BCUT2D eigenvalue weighted by molar-refractivity contribution is -0.188. The molecule has 2 rings (SSSR count). The van der Waals surface area contributed by atoms with Gasteiger partial charge in [0.2, 0.25) is 0 Å². The van der Waals surface area contributed by atoms with E-state index >= 15 is 0 Å². The molecule has 0 bridgehead atoms. The van der Waals surface area contributed by atoms with Gasteiger partial charge < -0.3 is 5.11 Å². The maximum Gasteiger partial charge on any atom is 0.404 e. The molecule has 0 radical (unpaired) electrons. The summed E-state index contributed by atoms with van der Waals surface area (Å²) in [7, 11) is 0. The molecular weight excluding hydrogens is 195 g/mol. The molecule has 1 saturated carbocycles. The largest absolute Gasteiger partial charge is 0.404 e. The van der Waals surface area contributed by atoms with Gasteiger partial charge in [-0.3, -0.25) is 4.90 Å². The van der Waals surface area contributed by atoms with Gasteiger partial charge in [-0.15, -0.1) is 0 Å². The Morgan fingerprint density at radius 2 is 1.86 bits per heavy atom. The fourth-order valence-corrected chi connectivity index (χ4v) is 2.41. The van der Waals surface area contributed by atoms with Gasteiger partial charge in [0, 0.05) is 6.04 Å². The zero-order valence-corrected chi connectivity index (χ0v) is 7.80. The molecule has 0 amide bonds. The zero-order chi connectivity index (χ0) is 10.3. The Morgan fingerprint density at radius 1 is 1.21 bits per heavy atom. The first-order valence-corrected chi connectivity index (χ1v) is 4.99. The van der Waals surface area contributed by atoms with Crippen LogP contribution in [0.3, 0.4) is 0 Å². The molecule has 2 aliphatic rings. The van der Waals surface area contributed by atoms with Gasteiger partial charge in [0.05, 0.1) is 6.10 Å². The van der Waals surface area contributed by atoms with Crippen LogP contribution in [0, 0.1) is 0 Å². The molecule has 1 N–H and O–H groups in total. The minimum absolute atomic E-state index is 0.0425. The SMILES string of the molecule is O[C@H]1C[C@H](N2CCCC2C(F)(F)F)C1. The third kappa shape index (κ3) is 1.75. The lowest BCUT2D eigenvalue weighted by Gasteiger charge is -2.41. The molecule has 0 aromatic heterocycles. The Morgan fingerprint density at radius 3 is 2.36 bits per heavy atom. The van der Waals surface area contributed by atoms with Gasteiger partial charge >= 0.3 is 6.18 Å². The van der Waals surface area contributed by atoms with Crippen LogP contribution in [-0.4, -0.2) is 40.9 Å². The van der Waals surface area contributed by atoms with E-state index in [0.717, 1.165) is 0 Å². The van der Waals surface area contributed by atoms with Crippen molar-refractivity contribution >= 4 is 0 Å². The molecule has 1 saturated heterocycles. The van der Waals surface area contributed by atoms with Gasteiger partial charge in [-0.2, -0.15) is 13.2 Å². The summed E-state index contributed by atoms with van der Waals surface area (Å²) in [6.45, 7) is 0.529. The molecule has 0 aromatic rings. The van der Waals surface area contributed by atoms with Crippen LogP contribution in [0.15, 0.2) is 0 Å². The van der Waals surface area contributed by atoms with Gasteiger partial charge in [-0.05, 0) is 32.2 Å². The van der Waals surface area contributed by atoms with Crippen molar-refractivity contribution in [2.24, 2.45) is 0 Å². The molecule has 1 atom stereocenters. The van der Waals surface area contributed by atoms with Crippen molar-refractivity contribution in [2.45, 2.75) is 50.0 Å². The second-order valence-electron chi connectivity index (χ2n) is 4.22. The molecule has 0 spiro atoms. The van der Waals surface area contributed by atoms with E-state index < -0.39 is 12.2 Å². The number of halogens is 3. The molecule has 1 heterocycles. The molecule has 1 unspecified atom stereocenters. The molecule has 5 heteroatoms. The van der Waals surface area contributed by atoms with Crippen LogP contribution in [0.2, 0.25) is 0 Å². The summed E-state index contributed by atoms with van der Waals surface area (Å²) in [5.74, 6) is 0. The van der Waals surface area contributed by atoms with E-state index in [1.807, 2.05) is 0 Å². The average Bonchev–Trinajstić information content (AvgIpc) is 2.44. The number of aliphatic hydroxyl groups is 1. The van der Waals surface area contributed by atoms with Crippen LogP contribution >= 0.6 is 0 Å². The van der Waals surface area contributed by atoms with Crippen LogP contribution in [0.25, 0.3) is 0 Å². The van der Waals surface area contributed by atoms with Gasteiger partial charge in [0.25, 0.3) is 0 Å². The van der Waals surface area contributed by atoms with Crippen LogP contribution in [0.4, 0.5) is 13.2 Å². The van der Waals surface area contributed by atoms with Crippen LogP contribution < -0.4 is 0 Å². The van der Waals surface area contributed by atoms with E-state index in [1.165, 1.54) is 4.90 Å². The van der Waals surface area contributed by atoms with Gasteiger partial charge in [-0.25, -0.2) is 0 Å². The zero-order valence-electron chi connectivity index (χ0n) is 7.80. The van der Waals surface area contributed by atoms with E-state index in [-0.39, 0.29) is 18.6 Å². The van der Waals surface area contributed by atoms with Crippen LogP contribution in [0.5, 0.6) is 0 Å². The van der Waals surface area contributed by atoms with Gasteiger partial charge in [0.1, 0.15) is 6.04 Å². The summed E-state index contributed by atoms with van der Waals surface area (Å²) in [5.41, 5.74) is 0. The molecular formula is C9H14F3NO. The quantitative estimate of drug-likeness (QED) is 0.708. The molecule has 14 heavy (non-hydrogen) atoms. The lowest BCUT2D eigenvalue weighted by Crippen LogP contribution is -2.53. The minimum Gasteiger partial charge on any atom is -0.393 e. The van der Waals surface area contributed by atoms with E-state index in [0.29, 0.717) is 25.8 Å². The van der Waals surface area contributed by atoms with Gasteiger partial charge in [-0.1, -0.05) is 0 Å². The molecule has 2 fully saturated rings. The Bertz CT molecular complexity index is 213. The Kier molecular flexibility index (Phi) is 2.47. The molecule has 1 aliphatic heterocycles. The maximum absolute atomic E-state index is 12.5. The molecule has 0 aromatic carbocycles. The van der Waals surface area contributed by atoms with E-state index in [4.69, 9.17) is 5.11 Å². The van der Waals surface area contributed by atoms with E-state index in [2.05, 4.69) is 0 Å². The number of likely N-dealkylation sites (tertiary alicyclic amines) is 1. The first-order valence-electron chi connectivity index (χ1n) is 4.99. The Balaban J connectivity index is 1.97. The van der Waals surface area contributed by atoms with E-state index in [1.54, 1.807) is 0 Å². The smallest absolute Gasteiger partial charge is 0.393 e. The highest BCUT2D eigenvalue weighted by Gasteiger charge is 2.49. The van der Waals surface area contributed by atoms with Crippen molar-refractivity contribution in [1.29, 1.82) is 0 Å². The highest BCUT2D eigenvalue weighted by Crippen LogP contribution is 2.38. The van der Waals surface area contributed by atoms with Crippen molar-refractivity contribution in [1.82, 2.24) is 4.90 Å². The third-order valence-electron chi connectivity index (χ3n) is 3.23. The van der Waals surface area contributed by atoms with Crippen molar-refractivity contribution in [3.05, 3.63) is 0 Å². The Labute approximate surface area is 80.7 Å². The number of hydrogen-bond acceptors (Lipinski definition) is 2. The van der Waals surface area contributed by atoms with Crippen LogP contribution in [0.1, 0.15) is 25.7 Å². The molecule has 2 nitrogen and oxygen atoms in total. The van der Waals surface area contributed by atoms with Gasteiger partial charge in [0.15, 0.2) is 0 Å². The maximum atomic E-state index is 12.5. The predicted molar refractivity (Wildman–Crippen MR) is 44.8 cm³/mol. The van der Waals surface area contributed by atoms with E-state index in [9.17, 15) is 13.2 Å². The minimum atomic E-state index is -4.10. The number of hydrogen-bond donors (Lipinski definition) is 1. The fraction of sp³-hybridized carbons (Fsp3) is 1.00. The standard InChI is InChI=1S/C9H14F3NO/c10-9(11,12)8-2-1-3-13(8)6-4-7(14)5-6/h6-8,14H,1-5H2/t6-,7-,8?. The topological polar surface area (TPSA) is 23.5 Å². The third-order valence-corrected chi connectivity index (χ3v) is 3.23. The summed E-state index contributed by atoms with van der Waals surface area (Å²) in [6, 6.07) is -1.31. The molecule has 1 aliphatic carbocycles. The number of nitrogens with zero attached hydrogens (tertiary/aromatic N) is 1. The first kappa shape index (κ1) is 10.2. The lowest BCUT2D eigenvalue weighted by atomic mass is 9.87. The summed E-state index contributed by atoms with van der Waals surface area (Å²) in [5, 5.41) is 9.06. The highest BCUT2D eigenvalue weighted by molar-refractivity contribution is 4.95. The highest BCUT2D eigenvalue weighted by atomic mass is 19.4. The van der Waals surface area contributed by atoms with Crippen LogP contribution in [-0.2, 0) is 0 Å². The second kappa shape index (κ2) is 3.38. The summed E-state index contributed by atoms with van der Waals surface area (Å²) in [4.78, 5) is 1.52. The Hall–Kier alpha value is -0.290. The first-order chi connectivity index (χ1) is 6.48. The second-order valence-corrected chi connectivity index (χ2v) is 4.22. The number of alkyl halides is 3. The van der Waals surface area contributed by atoms with Crippen molar-refractivity contribution in [3.8, 4) is 0 Å². The van der Waals surface area contributed by atoms with Crippen molar-refractivity contribution in [2.75, 3.05) is 6.54 Å². The van der Waals surface area contributed by atoms with Crippen molar-refractivity contribution < 1.29 is 18.3 Å². The van der Waals surface area contributed by atoms with Crippen molar-refractivity contribution in [3.63, 3.8) is 0 Å². The average molecular weight is 209 g/mol. The fourth-order valence-electron chi connectivity index (χ4n) is 2.41. The summed E-state index contributed by atoms with van der Waals surface area (Å²) >= 11 is 0.